The molecule has 0 unspecified atom stereocenters. The number of carbonyl (C=O) groups is 1. The van der Waals surface area contributed by atoms with Crippen molar-refractivity contribution in [3.05, 3.63) is 17.9 Å². The van der Waals surface area contributed by atoms with Gasteiger partial charge in [0.1, 0.15) is 30.8 Å². The molecule has 26 heavy (non-hydrogen) atoms. The van der Waals surface area contributed by atoms with Gasteiger partial charge in [-0.25, -0.2) is 9.18 Å². The number of hydrogen-bond acceptors (Lipinski definition) is 7. The Labute approximate surface area is 150 Å². The van der Waals surface area contributed by atoms with E-state index in [2.05, 4.69) is 4.18 Å². The fourth-order valence-corrected chi connectivity index (χ4v) is 4.01. The number of benzene rings is 1. The Kier molecular flexibility index (Phi) is 4.19. The van der Waals surface area contributed by atoms with Crippen LogP contribution < -0.4 is 14.5 Å². The van der Waals surface area contributed by atoms with Gasteiger partial charge in [0.05, 0.1) is 24.5 Å². The molecule has 0 aliphatic carbocycles. The number of carbonyl (C=O) groups excluding carboxylic acids is 1. The number of anilines is 2. The molecule has 10 heteroatoms. The van der Waals surface area contributed by atoms with E-state index in [-0.39, 0.29) is 19.2 Å². The summed E-state index contributed by atoms with van der Waals surface area (Å²) in [6.07, 6.45) is 1.46. The average molecular weight is 386 g/mol. The summed E-state index contributed by atoms with van der Waals surface area (Å²) in [4.78, 5) is 15.4. The van der Waals surface area contributed by atoms with Crippen LogP contribution in [0, 0.1) is 5.82 Å². The second kappa shape index (κ2) is 6.27. The van der Waals surface area contributed by atoms with Crippen LogP contribution in [0.2, 0.25) is 0 Å². The maximum Gasteiger partial charge on any atom is 0.414 e. The van der Waals surface area contributed by atoms with Crippen LogP contribution in [0.25, 0.3) is 0 Å². The van der Waals surface area contributed by atoms with E-state index in [1.807, 2.05) is 4.90 Å². The molecule has 3 heterocycles. The molecule has 3 aliphatic rings. The van der Waals surface area contributed by atoms with Gasteiger partial charge in [-0.05, 0) is 12.8 Å². The van der Waals surface area contributed by atoms with Crippen molar-refractivity contribution < 1.29 is 31.3 Å². The van der Waals surface area contributed by atoms with Crippen LogP contribution in [0.15, 0.2) is 12.1 Å². The van der Waals surface area contributed by atoms with Crippen molar-refractivity contribution in [1.82, 2.24) is 0 Å². The highest BCUT2D eigenvalue weighted by molar-refractivity contribution is 7.85. The minimum absolute atomic E-state index is 0.0684. The van der Waals surface area contributed by atoms with Crippen molar-refractivity contribution in [2.24, 2.45) is 0 Å². The van der Waals surface area contributed by atoms with Crippen LogP contribution in [-0.4, -0.2) is 59.2 Å². The summed E-state index contributed by atoms with van der Waals surface area (Å²) in [5.74, 6) is -0.0467. The van der Waals surface area contributed by atoms with Crippen molar-refractivity contribution in [2.75, 3.05) is 42.4 Å². The average Bonchev–Trinajstić information content (AvgIpc) is 3.18. The molecular formula is C16H19FN2O6S. The third-order valence-corrected chi connectivity index (χ3v) is 5.33. The predicted octanol–water partition coefficient (Wildman–Crippen LogP) is 1.49. The summed E-state index contributed by atoms with van der Waals surface area (Å²) in [6, 6.07) is 3.09. The number of halogens is 1. The van der Waals surface area contributed by atoms with E-state index in [1.54, 1.807) is 6.07 Å². The van der Waals surface area contributed by atoms with Gasteiger partial charge in [-0.1, -0.05) is 0 Å². The first-order valence-corrected chi connectivity index (χ1v) is 10.2. The summed E-state index contributed by atoms with van der Waals surface area (Å²) in [5, 5.41) is 0. The molecule has 3 aliphatic heterocycles. The van der Waals surface area contributed by atoms with Gasteiger partial charge in [0.15, 0.2) is 5.82 Å². The normalized spacial score (nSPS) is 24.9. The predicted molar refractivity (Wildman–Crippen MR) is 90.7 cm³/mol. The van der Waals surface area contributed by atoms with Crippen LogP contribution in [0.5, 0.6) is 5.75 Å². The third-order valence-electron chi connectivity index (χ3n) is 4.76. The summed E-state index contributed by atoms with van der Waals surface area (Å²) in [6.45, 7) is 1.07. The van der Waals surface area contributed by atoms with E-state index < -0.39 is 28.1 Å². The molecule has 1 aromatic carbocycles. The summed E-state index contributed by atoms with van der Waals surface area (Å²) < 4.78 is 52.4. The molecule has 0 N–H and O–H groups in total. The molecule has 4 rings (SSSR count). The molecule has 0 aromatic heterocycles. The highest BCUT2D eigenvalue weighted by Gasteiger charge is 2.37. The number of ether oxygens (including phenoxy) is 2. The van der Waals surface area contributed by atoms with E-state index in [1.165, 1.54) is 11.0 Å². The fourth-order valence-electron chi connectivity index (χ4n) is 3.61. The second-order valence-corrected chi connectivity index (χ2v) is 8.32. The van der Waals surface area contributed by atoms with Crippen LogP contribution in [0.1, 0.15) is 12.8 Å². The molecule has 2 atom stereocenters. The van der Waals surface area contributed by atoms with E-state index >= 15 is 0 Å². The number of amides is 1. The van der Waals surface area contributed by atoms with Crippen molar-refractivity contribution in [2.45, 2.75) is 25.0 Å². The zero-order chi connectivity index (χ0) is 18.5. The quantitative estimate of drug-likeness (QED) is 0.725. The van der Waals surface area contributed by atoms with Crippen molar-refractivity contribution in [3.63, 3.8) is 0 Å². The van der Waals surface area contributed by atoms with Gasteiger partial charge < -0.3 is 14.4 Å². The molecule has 8 nitrogen and oxygen atoms in total. The molecule has 0 bridgehead atoms. The molecule has 0 radical (unpaired) electrons. The molecule has 142 valence electrons. The van der Waals surface area contributed by atoms with Crippen LogP contribution >= 0.6 is 0 Å². The van der Waals surface area contributed by atoms with E-state index in [0.29, 0.717) is 23.7 Å². The first-order chi connectivity index (χ1) is 12.3. The molecule has 0 saturated carbocycles. The number of hydrogen-bond donors (Lipinski definition) is 0. The zero-order valence-corrected chi connectivity index (χ0v) is 15.0. The molecule has 2 saturated heterocycles. The van der Waals surface area contributed by atoms with Gasteiger partial charge >= 0.3 is 6.09 Å². The Morgan fingerprint density at radius 3 is 2.96 bits per heavy atom. The molecule has 2 fully saturated rings. The lowest BCUT2D eigenvalue weighted by Crippen LogP contribution is -2.39. The van der Waals surface area contributed by atoms with Gasteiger partial charge in [0.2, 0.25) is 0 Å². The Morgan fingerprint density at radius 2 is 2.19 bits per heavy atom. The number of cyclic esters (lactones) is 1. The Morgan fingerprint density at radius 1 is 1.38 bits per heavy atom. The van der Waals surface area contributed by atoms with E-state index in [4.69, 9.17) is 9.47 Å². The van der Waals surface area contributed by atoms with Crippen LogP contribution in [-0.2, 0) is 19.0 Å². The topological polar surface area (TPSA) is 85.4 Å². The maximum absolute atomic E-state index is 14.7. The number of rotatable bonds is 4. The Bertz CT molecular complexity index is 845. The molecule has 0 spiro atoms. The monoisotopic (exact) mass is 386 g/mol. The van der Waals surface area contributed by atoms with Gasteiger partial charge in [-0.2, -0.15) is 8.42 Å². The molecular weight excluding hydrogens is 367 g/mol. The fraction of sp³-hybridized carbons (Fsp3) is 0.562. The Hall–Kier alpha value is -2.07. The Balaban J connectivity index is 1.55. The van der Waals surface area contributed by atoms with Gasteiger partial charge in [-0.3, -0.25) is 9.08 Å². The maximum atomic E-state index is 14.7. The summed E-state index contributed by atoms with van der Waals surface area (Å²) in [7, 11) is -3.63. The number of fused-ring (bicyclic) bond motifs is 3. The third kappa shape index (κ3) is 3.18. The SMILES string of the molecule is CS(=O)(=O)OC[C@H]1CN(c2cc(F)c3c(c2)OC[C@@H]2CCCN32)C(=O)O1. The lowest BCUT2D eigenvalue weighted by molar-refractivity contribution is 0.107. The second-order valence-electron chi connectivity index (χ2n) is 6.68. The standard InChI is InChI=1S/C16H19FN2O6S/c1-26(21,22)24-9-12-7-19(16(20)25-12)11-5-13(17)15-14(6-11)23-8-10-3-2-4-18(10)15/h5-6,10,12H,2-4,7-9H2,1H3/t10-,12+/m0/s1. The lowest BCUT2D eigenvalue weighted by atomic mass is 10.1. The summed E-state index contributed by atoms with van der Waals surface area (Å²) in [5.41, 5.74) is 0.748. The first kappa shape index (κ1) is 17.3. The van der Waals surface area contributed by atoms with Gasteiger partial charge in [0, 0.05) is 18.7 Å². The summed E-state index contributed by atoms with van der Waals surface area (Å²) >= 11 is 0. The van der Waals surface area contributed by atoms with Crippen LogP contribution in [0.4, 0.5) is 20.6 Å². The van der Waals surface area contributed by atoms with Gasteiger partial charge in [-0.15, -0.1) is 0 Å². The first-order valence-electron chi connectivity index (χ1n) is 8.37. The lowest BCUT2D eigenvalue weighted by Gasteiger charge is -2.34. The van der Waals surface area contributed by atoms with E-state index in [9.17, 15) is 17.6 Å². The minimum atomic E-state index is -3.63. The van der Waals surface area contributed by atoms with Crippen molar-refractivity contribution in [1.29, 1.82) is 0 Å². The largest absolute Gasteiger partial charge is 0.489 e. The van der Waals surface area contributed by atoms with Crippen molar-refractivity contribution >= 4 is 27.6 Å². The van der Waals surface area contributed by atoms with Gasteiger partial charge in [0.25, 0.3) is 10.1 Å². The van der Waals surface area contributed by atoms with E-state index in [0.717, 1.165) is 25.6 Å². The molecule has 1 aromatic rings. The minimum Gasteiger partial charge on any atom is -0.489 e. The van der Waals surface area contributed by atoms with Crippen molar-refractivity contribution in [3.8, 4) is 5.75 Å². The molecule has 1 amide bonds. The number of nitrogens with zero attached hydrogens (tertiary/aromatic N) is 2. The van der Waals surface area contributed by atoms with Crippen LogP contribution in [0.3, 0.4) is 0 Å². The smallest absolute Gasteiger partial charge is 0.414 e. The highest BCUT2D eigenvalue weighted by Crippen LogP contribution is 2.42. The highest BCUT2D eigenvalue weighted by atomic mass is 32.2. The zero-order valence-electron chi connectivity index (χ0n) is 14.2.